The zero-order chi connectivity index (χ0) is 14.0. The summed E-state index contributed by atoms with van der Waals surface area (Å²) in [6, 6.07) is 1.99. The molecule has 3 nitrogen and oxygen atoms in total. The third-order valence-corrected chi connectivity index (χ3v) is 3.80. The number of anilines is 1. The van der Waals surface area contributed by atoms with Crippen molar-refractivity contribution in [3.8, 4) is 0 Å². The molecular weight excluding hydrogens is 252 g/mol. The smallest absolute Gasteiger partial charge is 0.149 e. The molecule has 1 aliphatic carbocycles. The van der Waals surface area contributed by atoms with Gasteiger partial charge in [0.1, 0.15) is 17.3 Å². The van der Waals surface area contributed by atoms with E-state index in [2.05, 4.69) is 0 Å². The Kier molecular flexibility index (Phi) is 4.37. The first-order valence-corrected chi connectivity index (χ1v) is 6.54. The zero-order valence-electron chi connectivity index (χ0n) is 10.9. The highest BCUT2D eigenvalue weighted by molar-refractivity contribution is 5.51. The quantitative estimate of drug-likeness (QED) is 0.885. The second-order valence-corrected chi connectivity index (χ2v) is 5.10. The Morgan fingerprint density at radius 2 is 1.79 bits per heavy atom. The summed E-state index contributed by atoms with van der Waals surface area (Å²) in [5.74, 6) is -1.41. The molecule has 2 atom stereocenters. The normalized spacial score (nSPS) is 23.4. The number of halogens is 2. The van der Waals surface area contributed by atoms with Crippen LogP contribution in [0.5, 0.6) is 0 Å². The first-order valence-electron chi connectivity index (χ1n) is 6.54. The average molecular weight is 271 g/mol. The molecule has 2 rings (SSSR count). The highest BCUT2D eigenvalue weighted by Crippen LogP contribution is 2.30. The molecule has 0 amide bonds. The van der Waals surface area contributed by atoms with Crippen molar-refractivity contribution in [2.24, 2.45) is 0 Å². The van der Waals surface area contributed by atoms with Crippen molar-refractivity contribution in [3.63, 3.8) is 0 Å². The van der Waals surface area contributed by atoms with Gasteiger partial charge in [-0.05, 0) is 30.5 Å². The van der Waals surface area contributed by atoms with Crippen molar-refractivity contribution in [1.82, 2.24) is 0 Å². The minimum Gasteiger partial charge on any atom is -0.392 e. The van der Waals surface area contributed by atoms with Gasteiger partial charge in [-0.1, -0.05) is 12.8 Å². The van der Waals surface area contributed by atoms with Crippen LogP contribution in [-0.2, 0) is 6.61 Å². The monoisotopic (exact) mass is 271 g/mol. The molecule has 0 bridgehead atoms. The van der Waals surface area contributed by atoms with E-state index in [1.54, 1.807) is 7.05 Å². The number of aliphatic hydroxyl groups excluding tert-OH is 2. The van der Waals surface area contributed by atoms with Crippen LogP contribution in [0.3, 0.4) is 0 Å². The number of likely N-dealkylation sites (N-methyl/N-ethyl adjacent to an activating group) is 1. The first-order chi connectivity index (χ1) is 9.04. The van der Waals surface area contributed by atoms with Crippen LogP contribution in [0.15, 0.2) is 12.1 Å². The van der Waals surface area contributed by atoms with Gasteiger partial charge < -0.3 is 15.1 Å². The molecule has 0 radical (unpaired) electrons. The Morgan fingerprint density at radius 1 is 1.21 bits per heavy atom. The van der Waals surface area contributed by atoms with E-state index in [0.717, 1.165) is 31.4 Å². The molecule has 2 N–H and O–H groups in total. The van der Waals surface area contributed by atoms with Crippen molar-refractivity contribution in [1.29, 1.82) is 0 Å². The van der Waals surface area contributed by atoms with Crippen LogP contribution in [0.2, 0.25) is 0 Å². The van der Waals surface area contributed by atoms with Crippen molar-refractivity contribution in [3.05, 3.63) is 29.3 Å². The molecular formula is C14H19F2NO2. The topological polar surface area (TPSA) is 43.7 Å². The Labute approximate surface area is 111 Å². The Bertz CT molecular complexity index is 430. The van der Waals surface area contributed by atoms with Gasteiger partial charge in [-0.25, -0.2) is 8.78 Å². The number of aliphatic hydroxyl groups is 2. The third-order valence-electron chi connectivity index (χ3n) is 3.80. The van der Waals surface area contributed by atoms with E-state index in [9.17, 15) is 13.9 Å². The fourth-order valence-electron chi connectivity index (χ4n) is 2.76. The summed E-state index contributed by atoms with van der Waals surface area (Å²) in [5.41, 5.74) is 0.0690. The summed E-state index contributed by atoms with van der Waals surface area (Å²) in [5, 5.41) is 18.9. The first kappa shape index (κ1) is 14.2. The van der Waals surface area contributed by atoms with Crippen LogP contribution in [0, 0.1) is 11.6 Å². The minimum absolute atomic E-state index is 0.136. The molecule has 1 aliphatic rings. The molecule has 1 aromatic carbocycles. The molecule has 2 unspecified atom stereocenters. The second-order valence-electron chi connectivity index (χ2n) is 5.10. The lowest BCUT2D eigenvalue weighted by molar-refractivity contribution is 0.105. The molecule has 0 aliphatic heterocycles. The number of rotatable bonds is 3. The lowest BCUT2D eigenvalue weighted by atomic mass is 9.91. The predicted octanol–water partition coefficient (Wildman–Crippen LogP) is 2.20. The fraction of sp³-hybridized carbons (Fsp3) is 0.571. The Morgan fingerprint density at radius 3 is 2.32 bits per heavy atom. The van der Waals surface area contributed by atoms with Gasteiger partial charge in [0, 0.05) is 7.05 Å². The van der Waals surface area contributed by atoms with Gasteiger partial charge in [-0.2, -0.15) is 0 Å². The van der Waals surface area contributed by atoms with Gasteiger partial charge >= 0.3 is 0 Å². The largest absolute Gasteiger partial charge is 0.392 e. The van der Waals surface area contributed by atoms with Gasteiger partial charge in [-0.3, -0.25) is 0 Å². The van der Waals surface area contributed by atoms with Crippen LogP contribution >= 0.6 is 0 Å². The molecule has 1 fully saturated rings. The van der Waals surface area contributed by atoms with Crippen molar-refractivity contribution < 1.29 is 19.0 Å². The summed E-state index contributed by atoms with van der Waals surface area (Å²) in [6.07, 6.45) is 2.71. The average Bonchev–Trinajstić information content (AvgIpc) is 2.38. The van der Waals surface area contributed by atoms with Gasteiger partial charge in [0.05, 0.1) is 18.8 Å². The standard InChI is InChI=1S/C14H19F2NO2/c1-17(12-4-2-3-5-13(12)19)14-10(15)6-9(8-18)7-11(14)16/h6-7,12-13,18-19H,2-5,8H2,1H3. The summed E-state index contributed by atoms with van der Waals surface area (Å²) < 4.78 is 27.9. The number of nitrogens with zero attached hydrogens (tertiary/aromatic N) is 1. The number of hydrogen-bond acceptors (Lipinski definition) is 3. The zero-order valence-corrected chi connectivity index (χ0v) is 10.9. The minimum atomic E-state index is -0.704. The van der Waals surface area contributed by atoms with Crippen LogP contribution in [0.1, 0.15) is 31.2 Å². The maximum atomic E-state index is 14.0. The van der Waals surface area contributed by atoms with E-state index < -0.39 is 24.3 Å². The van der Waals surface area contributed by atoms with E-state index in [-0.39, 0.29) is 17.3 Å². The highest BCUT2D eigenvalue weighted by atomic mass is 19.1. The molecule has 0 spiro atoms. The van der Waals surface area contributed by atoms with Crippen LogP contribution in [0.4, 0.5) is 14.5 Å². The van der Waals surface area contributed by atoms with Gasteiger partial charge in [0.15, 0.2) is 0 Å². The maximum absolute atomic E-state index is 14.0. The molecule has 106 valence electrons. The van der Waals surface area contributed by atoms with Crippen LogP contribution < -0.4 is 4.90 Å². The summed E-state index contributed by atoms with van der Waals surface area (Å²) >= 11 is 0. The molecule has 0 heterocycles. The number of hydrogen-bond donors (Lipinski definition) is 2. The van der Waals surface area contributed by atoms with Crippen molar-refractivity contribution in [2.75, 3.05) is 11.9 Å². The van der Waals surface area contributed by atoms with E-state index >= 15 is 0 Å². The lowest BCUT2D eigenvalue weighted by Gasteiger charge is -2.36. The number of benzene rings is 1. The van der Waals surface area contributed by atoms with Gasteiger partial charge in [-0.15, -0.1) is 0 Å². The molecule has 19 heavy (non-hydrogen) atoms. The Balaban J connectivity index is 2.30. The molecule has 5 heteroatoms. The highest BCUT2D eigenvalue weighted by Gasteiger charge is 2.29. The van der Waals surface area contributed by atoms with E-state index in [1.807, 2.05) is 0 Å². The summed E-state index contributed by atoms with van der Waals surface area (Å²) in [7, 11) is 1.60. The van der Waals surface area contributed by atoms with Crippen molar-refractivity contribution >= 4 is 5.69 Å². The molecule has 1 saturated carbocycles. The molecule has 0 saturated heterocycles. The molecule has 0 aromatic heterocycles. The Hall–Kier alpha value is -1.20. The van der Waals surface area contributed by atoms with Crippen molar-refractivity contribution in [2.45, 2.75) is 44.4 Å². The van der Waals surface area contributed by atoms with E-state index in [1.165, 1.54) is 4.90 Å². The van der Waals surface area contributed by atoms with E-state index in [4.69, 9.17) is 5.11 Å². The SMILES string of the molecule is CN(c1c(F)cc(CO)cc1F)C1CCCCC1O. The summed E-state index contributed by atoms with van der Waals surface area (Å²) in [6.45, 7) is -0.399. The van der Waals surface area contributed by atoms with Crippen LogP contribution in [-0.4, -0.2) is 29.4 Å². The fourth-order valence-corrected chi connectivity index (χ4v) is 2.76. The second kappa shape index (κ2) is 5.84. The van der Waals surface area contributed by atoms with Gasteiger partial charge in [0.2, 0.25) is 0 Å². The molecule has 1 aromatic rings. The predicted molar refractivity (Wildman–Crippen MR) is 68.9 cm³/mol. The lowest BCUT2D eigenvalue weighted by Crippen LogP contribution is -2.44. The maximum Gasteiger partial charge on any atom is 0.149 e. The summed E-state index contributed by atoms with van der Waals surface area (Å²) in [4.78, 5) is 1.48. The third kappa shape index (κ3) is 2.87. The van der Waals surface area contributed by atoms with Crippen LogP contribution in [0.25, 0.3) is 0 Å². The van der Waals surface area contributed by atoms with Gasteiger partial charge in [0.25, 0.3) is 0 Å². The van der Waals surface area contributed by atoms with E-state index in [0.29, 0.717) is 6.42 Å².